The lowest BCUT2D eigenvalue weighted by Gasteiger charge is -2.17. The fraction of sp³-hybridized carbons (Fsp3) is 0.333. The van der Waals surface area contributed by atoms with E-state index in [1.807, 2.05) is 13.0 Å². The van der Waals surface area contributed by atoms with Crippen molar-refractivity contribution in [2.75, 3.05) is 6.54 Å². The van der Waals surface area contributed by atoms with E-state index in [1.165, 1.54) is 0 Å². The highest BCUT2D eigenvalue weighted by molar-refractivity contribution is 5.34. The SMILES string of the molecule is CCNC(Cc1ccc([N+](=O)[O-])cc1)c1ccoc1C. The summed E-state index contributed by atoms with van der Waals surface area (Å²) in [5, 5.41) is 14.1. The van der Waals surface area contributed by atoms with Gasteiger partial charge in [0.1, 0.15) is 5.76 Å². The highest BCUT2D eigenvalue weighted by Crippen LogP contribution is 2.23. The summed E-state index contributed by atoms with van der Waals surface area (Å²) in [5.74, 6) is 0.901. The quantitative estimate of drug-likeness (QED) is 0.647. The van der Waals surface area contributed by atoms with E-state index in [1.54, 1.807) is 30.5 Å². The lowest BCUT2D eigenvalue weighted by atomic mass is 9.99. The van der Waals surface area contributed by atoms with Crippen molar-refractivity contribution < 1.29 is 9.34 Å². The fourth-order valence-corrected chi connectivity index (χ4v) is 2.28. The Morgan fingerprint density at radius 2 is 2.00 bits per heavy atom. The number of aryl methyl sites for hydroxylation is 1. The molecule has 0 saturated carbocycles. The van der Waals surface area contributed by atoms with Crippen molar-refractivity contribution in [2.45, 2.75) is 26.3 Å². The van der Waals surface area contributed by atoms with Gasteiger partial charge in [0.25, 0.3) is 5.69 Å². The van der Waals surface area contributed by atoms with Gasteiger partial charge in [0.2, 0.25) is 0 Å². The Morgan fingerprint density at radius 1 is 1.30 bits per heavy atom. The summed E-state index contributed by atoms with van der Waals surface area (Å²) < 4.78 is 5.35. The Morgan fingerprint density at radius 3 is 2.50 bits per heavy atom. The van der Waals surface area contributed by atoms with Crippen LogP contribution in [0.25, 0.3) is 0 Å². The zero-order chi connectivity index (χ0) is 14.5. The molecule has 0 saturated heterocycles. The number of furan rings is 1. The van der Waals surface area contributed by atoms with E-state index in [0.717, 1.165) is 29.9 Å². The number of benzene rings is 1. The standard InChI is InChI=1S/C15H18N2O3/c1-3-16-15(14-8-9-20-11(14)2)10-12-4-6-13(7-5-12)17(18)19/h4-9,15-16H,3,10H2,1-2H3. The number of rotatable bonds is 6. The number of nitrogens with one attached hydrogen (secondary N) is 1. The maximum atomic E-state index is 10.6. The highest BCUT2D eigenvalue weighted by Gasteiger charge is 2.16. The predicted molar refractivity (Wildman–Crippen MR) is 76.7 cm³/mol. The second kappa shape index (κ2) is 6.34. The number of nitro groups is 1. The number of hydrogen-bond donors (Lipinski definition) is 1. The number of likely N-dealkylation sites (N-methyl/N-ethyl adjacent to an activating group) is 1. The summed E-state index contributed by atoms with van der Waals surface area (Å²) in [7, 11) is 0. The molecule has 1 aromatic carbocycles. The van der Waals surface area contributed by atoms with Gasteiger partial charge in [0.15, 0.2) is 0 Å². The molecule has 0 aliphatic carbocycles. The summed E-state index contributed by atoms with van der Waals surface area (Å²) in [6.07, 6.45) is 2.46. The van der Waals surface area contributed by atoms with Crippen LogP contribution >= 0.6 is 0 Å². The molecule has 1 atom stereocenters. The molecule has 0 spiro atoms. The van der Waals surface area contributed by atoms with Crippen molar-refractivity contribution in [3.8, 4) is 0 Å². The average molecular weight is 274 g/mol. The second-order valence-corrected chi connectivity index (χ2v) is 4.67. The molecule has 0 bridgehead atoms. The van der Waals surface area contributed by atoms with Gasteiger partial charge in [-0.25, -0.2) is 0 Å². The summed E-state index contributed by atoms with van der Waals surface area (Å²) in [5.41, 5.74) is 2.31. The zero-order valence-corrected chi connectivity index (χ0v) is 11.6. The van der Waals surface area contributed by atoms with Crippen LogP contribution in [0, 0.1) is 17.0 Å². The minimum Gasteiger partial charge on any atom is -0.469 e. The van der Waals surface area contributed by atoms with Crippen LogP contribution in [-0.4, -0.2) is 11.5 Å². The van der Waals surface area contributed by atoms with Gasteiger partial charge in [-0.2, -0.15) is 0 Å². The van der Waals surface area contributed by atoms with Gasteiger partial charge in [-0.05, 0) is 31.5 Å². The minimum atomic E-state index is -0.383. The van der Waals surface area contributed by atoms with Gasteiger partial charge >= 0.3 is 0 Å². The monoisotopic (exact) mass is 274 g/mol. The molecule has 0 aliphatic rings. The Kier molecular flexibility index (Phi) is 4.53. The molecule has 1 N–H and O–H groups in total. The highest BCUT2D eigenvalue weighted by atomic mass is 16.6. The maximum Gasteiger partial charge on any atom is 0.269 e. The first kappa shape index (κ1) is 14.3. The largest absolute Gasteiger partial charge is 0.469 e. The van der Waals surface area contributed by atoms with Crippen molar-refractivity contribution in [1.82, 2.24) is 5.32 Å². The topological polar surface area (TPSA) is 68.3 Å². The van der Waals surface area contributed by atoms with E-state index < -0.39 is 0 Å². The predicted octanol–water partition coefficient (Wildman–Crippen LogP) is 3.39. The van der Waals surface area contributed by atoms with Crippen LogP contribution in [0.1, 0.15) is 29.9 Å². The lowest BCUT2D eigenvalue weighted by molar-refractivity contribution is -0.384. The van der Waals surface area contributed by atoms with Gasteiger partial charge in [0.05, 0.1) is 11.2 Å². The lowest BCUT2D eigenvalue weighted by Crippen LogP contribution is -2.23. The number of nitro benzene ring substituents is 1. The first-order chi connectivity index (χ1) is 9.61. The van der Waals surface area contributed by atoms with E-state index in [0.29, 0.717) is 0 Å². The van der Waals surface area contributed by atoms with E-state index >= 15 is 0 Å². The Bertz CT molecular complexity index is 575. The molecule has 2 rings (SSSR count). The third kappa shape index (κ3) is 3.24. The molecule has 1 unspecified atom stereocenters. The van der Waals surface area contributed by atoms with Crippen molar-refractivity contribution in [1.29, 1.82) is 0 Å². The molecule has 5 heteroatoms. The number of nitrogens with zero attached hydrogens (tertiary/aromatic N) is 1. The molecule has 1 aromatic heterocycles. The molecule has 1 heterocycles. The van der Waals surface area contributed by atoms with Crippen LogP contribution in [0.2, 0.25) is 0 Å². The summed E-state index contributed by atoms with van der Waals surface area (Å²) >= 11 is 0. The van der Waals surface area contributed by atoms with Crippen LogP contribution < -0.4 is 5.32 Å². The van der Waals surface area contributed by atoms with Crippen molar-refractivity contribution in [2.24, 2.45) is 0 Å². The molecule has 0 radical (unpaired) electrons. The van der Waals surface area contributed by atoms with Gasteiger partial charge in [-0.15, -0.1) is 0 Å². The summed E-state index contributed by atoms with van der Waals surface area (Å²) in [6.45, 7) is 4.84. The van der Waals surface area contributed by atoms with E-state index in [-0.39, 0.29) is 16.7 Å². The van der Waals surface area contributed by atoms with E-state index in [4.69, 9.17) is 4.42 Å². The molecule has 20 heavy (non-hydrogen) atoms. The van der Waals surface area contributed by atoms with Crippen molar-refractivity contribution in [3.63, 3.8) is 0 Å². The molecule has 2 aromatic rings. The van der Waals surface area contributed by atoms with Gasteiger partial charge in [-0.1, -0.05) is 19.1 Å². The second-order valence-electron chi connectivity index (χ2n) is 4.67. The first-order valence-electron chi connectivity index (χ1n) is 6.62. The molecule has 106 valence electrons. The van der Waals surface area contributed by atoms with Gasteiger partial charge in [-0.3, -0.25) is 10.1 Å². The zero-order valence-electron chi connectivity index (χ0n) is 11.6. The maximum absolute atomic E-state index is 10.6. The summed E-state index contributed by atoms with van der Waals surface area (Å²) in [6, 6.07) is 8.81. The van der Waals surface area contributed by atoms with Gasteiger partial charge < -0.3 is 9.73 Å². The molecule has 0 fully saturated rings. The number of non-ortho nitro benzene ring substituents is 1. The first-order valence-corrected chi connectivity index (χ1v) is 6.62. The Labute approximate surface area is 117 Å². The smallest absolute Gasteiger partial charge is 0.269 e. The van der Waals surface area contributed by atoms with Crippen molar-refractivity contribution >= 4 is 5.69 Å². The van der Waals surface area contributed by atoms with E-state index in [2.05, 4.69) is 12.2 Å². The van der Waals surface area contributed by atoms with Crippen LogP contribution in [0.4, 0.5) is 5.69 Å². The summed E-state index contributed by atoms with van der Waals surface area (Å²) in [4.78, 5) is 10.3. The normalized spacial score (nSPS) is 12.3. The molecular formula is C15H18N2O3. The minimum absolute atomic E-state index is 0.119. The third-order valence-corrected chi connectivity index (χ3v) is 3.31. The van der Waals surface area contributed by atoms with E-state index in [9.17, 15) is 10.1 Å². The molecule has 0 amide bonds. The van der Waals surface area contributed by atoms with Crippen LogP contribution in [0.3, 0.4) is 0 Å². The van der Waals surface area contributed by atoms with Crippen molar-refractivity contribution in [3.05, 3.63) is 63.6 Å². The molecule has 0 aliphatic heterocycles. The molecular weight excluding hydrogens is 256 g/mol. The average Bonchev–Trinajstić information content (AvgIpc) is 2.85. The number of hydrogen-bond acceptors (Lipinski definition) is 4. The fourth-order valence-electron chi connectivity index (χ4n) is 2.28. The van der Waals surface area contributed by atoms with Crippen LogP contribution in [0.5, 0.6) is 0 Å². The van der Waals surface area contributed by atoms with Gasteiger partial charge in [0, 0.05) is 23.7 Å². The Balaban J connectivity index is 2.16. The Hall–Kier alpha value is -2.14. The van der Waals surface area contributed by atoms with Crippen LogP contribution in [-0.2, 0) is 6.42 Å². The van der Waals surface area contributed by atoms with Crippen LogP contribution in [0.15, 0.2) is 41.0 Å². The molecule has 5 nitrogen and oxygen atoms in total. The third-order valence-electron chi connectivity index (χ3n) is 3.31.